The number of rotatable bonds is 3. The molecule has 0 bridgehead atoms. The number of aryl methyl sites for hydroxylation is 3. The Labute approximate surface area is 106 Å². The molecule has 88 valence electrons. The fraction of sp³-hybridized carbons (Fsp3) is 0.357. The smallest absolute Gasteiger partial charge is 0.196 e. The van der Waals surface area contributed by atoms with Gasteiger partial charge in [0.05, 0.1) is 6.20 Å². The molecule has 0 fully saturated rings. The van der Waals surface area contributed by atoms with Crippen molar-refractivity contribution in [2.45, 2.75) is 25.7 Å². The molecule has 0 N–H and O–H groups in total. The predicted molar refractivity (Wildman–Crippen MR) is 68.4 cm³/mol. The molecule has 2 nitrogen and oxygen atoms in total. The Bertz CT molecular complexity index is 533. The Kier molecular flexibility index (Phi) is 2.89. The van der Waals surface area contributed by atoms with Gasteiger partial charge in [-0.25, -0.2) is 4.98 Å². The summed E-state index contributed by atoms with van der Waals surface area (Å²) in [6, 6.07) is 6.56. The first kappa shape index (κ1) is 10.8. The SMILES string of the molecule is ClCCc1ncc(-c2ccc3c(c2)CCC3)o1. The van der Waals surface area contributed by atoms with Crippen LogP contribution in [0, 0.1) is 0 Å². The highest BCUT2D eigenvalue weighted by atomic mass is 35.5. The van der Waals surface area contributed by atoms with Crippen molar-refractivity contribution in [3.63, 3.8) is 0 Å². The van der Waals surface area contributed by atoms with E-state index in [9.17, 15) is 0 Å². The predicted octanol–water partition coefficient (Wildman–Crippen LogP) is 3.61. The van der Waals surface area contributed by atoms with Gasteiger partial charge in [0, 0.05) is 17.9 Å². The van der Waals surface area contributed by atoms with Crippen molar-refractivity contribution in [2.24, 2.45) is 0 Å². The van der Waals surface area contributed by atoms with Crippen molar-refractivity contribution in [2.75, 3.05) is 5.88 Å². The molecule has 1 aliphatic carbocycles. The van der Waals surface area contributed by atoms with Crippen LogP contribution in [-0.4, -0.2) is 10.9 Å². The number of halogens is 1. The topological polar surface area (TPSA) is 26.0 Å². The summed E-state index contributed by atoms with van der Waals surface area (Å²) in [4.78, 5) is 4.22. The zero-order chi connectivity index (χ0) is 11.7. The van der Waals surface area contributed by atoms with Crippen molar-refractivity contribution in [3.8, 4) is 11.3 Å². The lowest BCUT2D eigenvalue weighted by Crippen LogP contribution is -1.84. The van der Waals surface area contributed by atoms with E-state index in [-0.39, 0.29) is 0 Å². The molecule has 3 heteroatoms. The van der Waals surface area contributed by atoms with E-state index in [2.05, 4.69) is 23.2 Å². The molecular formula is C14H14ClNO. The zero-order valence-corrected chi connectivity index (χ0v) is 10.3. The maximum atomic E-state index is 5.67. The summed E-state index contributed by atoms with van der Waals surface area (Å²) in [7, 11) is 0. The molecule has 1 aliphatic rings. The third-order valence-corrected chi connectivity index (χ3v) is 3.43. The number of alkyl halides is 1. The molecule has 0 saturated heterocycles. The van der Waals surface area contributed by atoms with Crippen LogP contribution >= 0.6 is 11.6 Å². The largest absolute Gasteiger partial charge is 0.441 e. The Morgan fingerprint density at radius 2 is 2.12 bits per heavy atom. The quantitative estimate of drug-likeness (QED) is 0.775. The van der Waals surface area contributed by atoms with Crippen LogP contribution in [0.1, 0.15) is 23.4 Å². The molecule has 1 heterocycles. The number of fused-ring (bicyclic) bond motifs is 1. The number of hydrogen-bond donors (Lipinski definition) is 0. The first-order chi connectivity index (χ1) is 8.36. The van der Waals surface area contributed by atoms with E-state index in [4.69, 9.17) is 16.0 Å². The molecule has 1 aromatic carbocycles. The molecule has 3 rings (SSSR count). The van der Waals surface area contributed by atoms with Crippen LogP contribution in [0.3, 0.4) is 0 Å². The first-order valence-electron chi connectivity index (χ1n) is 5.99. The molecule has 2 aromatic rings. The lowest BCUT2D eigenvalue weighted by molar-refractivity contribution is 0.514. The first-order valence-corrected chi connectivity index (χ1v) is 6.53. The van der Waals surface area contributed by atoms with Crippen molar-refractivity contribution in [1.29, 1.82) is 0 Å². The normalized spacial score (nSPS) is 13.9. The van der Waals surface area contributed by atoms with Gasteiger partial charge in [0.15, 0.2) is 11.7 Å². The summed E-state index contributed by atoms with van der Waals surface area (Å²) >= 11 is 5.67. The van der Waals surface area contributed by atoms with Crippen LogP contribution in [-0.2, 0) is 19.3 Å². The van der Waals surface area contributed by atoms with Gasteiger partial charge in [-0.15, -0.1) is 11.6 Å². The molecule has 0 spiro atoms. The number of aromatic nitrogens is 1. The number of benzene rings is 1. The summed E-state index contributed by atoms with van der Waals surface area (Å²) in [5.74, 6) is 2.11. The van der Waals surface area contributed by atoms with Crippen molar-refractivity contribution in [3.05, 3.63) is 41.4 Å². The maximum Gasteiger partial charge on any atom is 0.196 e. The molecular weight excluding hydrogens is 234 g/mol. The van der Waals surface area contributed by atoms with Crippen LogP contribution in [0.5, 0.6) is 0 Å². The molecule has 0 radical (unpaired) electrons. The highest BCUT2D eigenvalue weighted by Gasteiger charge is 2.13. The van der Waals surface area contributed by atoms with E-state index in [1.165, 1.54) is 30.4 Å². The molecule has 0 unspecified atom stereocenters. The fourth-order valence-electron chi connectivity index (χ4n) is 2.37. The van der Waals surface area contributed by atoms with Crippen LogP contribution in [0.15, 0.2) is 28.8 Å². The van der Waals surface area contributed by atoms with Gasteiger partial charge in [-0.3, -0.25) is 0 Å². The summed E-state index contributed by atoms with van der Waals surface area (Å²) in [6.07, 6.45) is 6.15. The van der Waals surface area contributed by atoms with Gasteiger partial charge in [0.25, 0.3) is 0 Å². The number of oxazole rings is 1. The summed E-state index contributed by atoms with van der Waals surface area (Å²) in [5.41, 5.74) is 4.06. The third-order valence-electron chi connectivity index (χ3n) is 3.24. The summed E-state index contributed by atoms with van der Waals surface area (Å²) in [5, 5.41) is 0. The van der Waals surface area contributed by atoms with E-state index < -0.39 is 0 Å². The van der Waals surface area contributed by atoms with E-state index in [1.807, 2.05) is 0 Å². The maximum absolute atomic E-state index is 5.67. The van der Waals surface area contributed by atoms with E-state index in [1.54, 1.807) is 6.20 Å². The second-order valence-electron chi connectivity index (χ2n) is 4.39. The van der Waals surface area contributed by atoms with Gasteiger partial charge < -0.3 is 4.42 Å². The zero-order valence-electron chi connectivity index (χ0n) is 9.58. The van der Waals surface area contributed by atoms with E-state index >= 15 is 0 Å². The van der Waals surface area contributed by atoms with Gasteiger partial charge in [0.2, 0.25) is 0 Å². The summed E-state index contributed by atoms with van der Waals surface area (Å²) in [6.45, 7) is 0. The van der Waals surface area contributed by atoms with Gasteiger partial charge in [0.1, 0.15) is 0 Å². The number of nitrogens with zero attached hydrogens (tertiary/aromatic N) is 1. The van der Waals surface area contributed by atoms with Crippen molar-refractivity contribution >= 4 is 11.6 Å². The van der Waals surface area contributed by atoms with Gasteiger partial charge in [-0.2, -0.15) is 0 Å². The molecule has 1 aromatic heterocycles. The fourth-order valence-corrected chi connectivity index (χ4v) is 2.53. The lowest BCUT2D eigenvalue weighted by atomic mass is 10.1. The Hall–Kier alpha value is -1.28. The Balaban J connectivity index is 1.92. The van der Waals surface area contributed by atoms with E-state index in [0.29, 0.717) is 12.3 Å². The standard InChI is InChI=1S/C14H14ClNO/c15-7-6-14-16-9-13(17-14)12-5-4-10-2-1-3-11(10)8-12/h4-5,8-9H,1-3,6-7H2. The molecule has 0 aliphatic heterocycles. The Morgan fingerprint density at radius 3 is 3.00 bits per heavy atom. The van der Waals surface area contributed by atoms with Crippen LogP contribution in [0.4, 0.5) is 0 Å². The third kappa shape index (κ3) is 2.09. The lowest BCUT2D eigenvalue weighted by Gasteiger charge is -2.01. The monoisotopic (exact) mass is 247 g/mol. The highest BCUT2D eigenvalue weighted by Crippen LogP contribution is 2.28. The molecule has 0 saturated carbocycles. The van der Waals surface area contributed by atoms with Crippen molar-refractivity contribution in [1.82, 2.24) is 4.98 Å². The Morgan fingerprint density at radius 1 is 1.24 bits per heavy atom. The van der Waals surface area contributed by atoms with Gasteiger partial charge >= 0.3 is 0 Å². The van der Waals surface area contributed by atoms with Crippen LogP contribution in [0.25, 0.3) is 11.3 Å². The minimum atomic E-state index is 0.546. The summed E-state index contributed by atoms with van der Waals surface area (Å²) < 4.78 is 5.67. The second-order valence-corrected chi connectivity index (χ2v) is 4.77. The second kappa shape index (κ2) is 4.53. The molecule has 0 atom stereocenters. The molecule has 0 amide bonds. The molecule has 17 heavy (non-hydrogen) atoms. The van der Waals surface area contributed by atoms with E-state index in [0.717, 1.165) is 17.2 Å². The van der Waals surface area contributed by atoms with Crippen LogP contribution < -0.4 is 0 Å². The average Bonchev–Trinajstić information content (AvgIpc) is 2.96. The average molecular weight is 248 g/mol. The minimum absolute atomic E-state index is 0.546. The highest BCUT2D eigenvalue weighted by molar-refractivity contribution is 6.17. The van der Waals surface area contributed by atoms with Gasteiger partial charge in [-0.1, -0.05) is 12.1 Å². The number of hydrogen-bond acceptors (Lipinski definition) is 2. The van der Waals surface area contributed by atoms with Crippen LogP contribution in [0.2, 0.25) is 0 Å². The minimum Gasteiger partial charge on any atom is -0.441 e. The van der Waals surface area contributed by atoms with Crippen molar-refractivity contribution < 1.29 is 4.42 Å². The van der Waals surface area contributed by atoms with Gasteiger partial charge in [-0.05, 0) is 36.5 Å².